The van der Waals surface area contributed by atoms with Gasteiger partial charge in [0.1, 0.15) is 19.2 Å². The van der Waals surface area contributed by atoms with Gasteiger partial charge in [-0.05, 0) is 12.0 Å². The van der Waals surface area contributed by atoms with E-state index in [0.29, 0.717) is 0 Å². The lowest BCUT2D eigenvalue weighted by Crippen LogP contribution is -2.71. The number of hydrogen-bond donors (Lipinski definition) is 1. The van der Waals surface area contributed by atoms with Crippen molar-refractivity contribution in [3.63, 3.8) is 0 Å². The van der Waals surface area contributed by atoms with E-state index in [0.717, 1.165) is 5.56 Å². The van der Waals surface area contributed by atoms with E-state index in [4.69, 9.17) is 9.84 Å². The molecule has 0 aromatic heterocycles. The number of esters is 1. The Bertz CT molecular complexity index is 751. The number of carboxylic acid groups (broad SMARTS) is 1. The Hall–Kier alpha value is -3.10. The molecule has 0 radical (unpaired) electrons. The Morgan fingerprint density at radius 1 is 1.26 bits per heavy atom. The van der Waals surface area contributed by atoms with Gasteiger partial charge in [0.2, 0.25) is 5.91 Å². The zero-order valence-electron chi connectivity index (χ0n) is 14.7. The van der Waals surface area contributed by atoms with Gasteiger partial charge < -0.3 is 19.5 Å². The quantitative estimate of drug-likeness (QED) is 0.553. The predicted molar refractivity (Wildman–Crippen MR) is 90.5 cm³/mol. The molecule has 1 aromatic carbocycles. The number of hydrogen-bond acceptors (Lipinski definition) is 6. The van der Waals surface area contributed by atoms with Crippen LogP contribution in [0.15, 0.2) is 30.3 Å². The summed E-state index contributed by atoms with van der Waals surface area (Å²) in [6.45, 7) is -0.176. The molecule has 0 aliphatic carbocycles. The van der Waals surface area contributed by atoms with Crippen molar-refractivity contribution in [3.8, 4) is 0 Å². The zero-order valence-corrected chi connectivity index (χ0v) is 14.7. The molecule has 1 N–H and O–H groups in total. The maximum absolute atomic E-state index is 12.7. The Balaban J connectivity index is 1.85. The molecule has 2 aliphatic heterocycles. The maximum atomic E-state index is 12.7. The smallest absolute Gasteiger partial charge is 0.411 e. The summed E-state index contributed by atoms with van der Waals surface area (Å²) in [5.41, 5.74) is 0.819. The molecule has 2 amide bonds. The standard InChI is InChI=1S/C18H20N2O7/c1-26-15(23)9-19-12(7-8-14(21)22)16(17(19)24)20-13(10-27-18(20)25)11-5-3-2-4-6-11/h2-6,12-13,16H,7-10H2,1H3,(H,21,22)/t12-,13-,16+/m1/s1. The zero-order chi connectivity index (χ0) is 19.6. The van der Waals surface area contributed by atoms with Gasteiger partial charge in [0, 0.05) is 6.42 Å². The lowest BCUT2D eigenvalue weighted by atomic mass is 9.88. The second kappa shape index (κ2) is 7.65. The van der Waals surface area contributed by atoms with Gasteiger partial charge in [-0.15, -0.1) is 0 Å². The van der Waals surface area contributed by atoms with Gasteiger partial charge in [-0.3, -0.25) is 19.3 Å². The normalized spacial score (nSPS) is 24.4. The number of aliphatic carboxylic acids is 1. The van der Waals surface area contributed by atoms with Crippen LogP contribution in [0, 0.1) is 0 Å². The molecule has 0 saturated carbocycles. The Morgan fingerprint density at radius 3 is 2.59 bits per heavy atom. The van der Waals surface area contributed by atoms with Gasteiger partial charge in [0.05, 0.1) is 19.2 Å². The van der Waals surface area contributed by atoms with Crippen molar-refractivity contribution in [3.05, 3.63) is 35.9 Å². The van der Waals surface area contributed by atoms with Crippen molar-refractivity contribution < 1.29 is 33.8 Å². The van der Waals surface area contributed by atoms with E-state index in [1.54, 1.807) is 0 Å². The van der Waals surface area contributed by atoms with Crippen molar-refractivity contribution in [2.75, 3.05) is 20.3 Å². The van der Waals surface area contributed by atoms with Crippen molar-refractivity contribution in [2.45, 2.75) is 31.0 Å². The van der Waals surface area contributed by atoms with E-state index >= 15 is 0 Å². The summed E-state index contributed by atoms with van der Waals surface area (Å²) in [6.07, 6.45) is -0.695. The fourth-order valence-electron chi connectivity index (χ4n) is 3.55. The molecule has 3 atom stereocenters. The minimum atomic E-state index is -1.02. The number of carboxylic acids is 1. The van der Waals surface area contributed by atoms with Gasteiger partial charge >= 0.3 is 18.0 Å². The number of β-lactam (4-membered cyclic amide) rings is 1. The minimum Gasteiger partial charge on any atom is -0.481 e. The number of cyclic esters (lactones) is 1. The summed E-state index contributed by atoms with van der Waals surface area (Å²) >= 11 is 0. The molecule has 144 valence electrons. The van der Waals surface area contributed by atoms with Crippen molar-refractivity contribution in [2.24, 2.45) is 0 Å². The topological polar surface area (TPSA) is 113 Å². The number of benzene rings is 1. The molecule has 2 heterocycles. The highest BCUT2D eigenvalue weighted by atomic mass is 16.6. The summed E-state index contributed by atoms with van der Waals surface area (Å²) in [6, 6.07) is 7.25. The lowest BCUT2D eigenvalue weighted by molar-refractivity contribution is -0.166. The Morgan fingerprint density at radius 2 is 1.96 bits per heavy atom. The summed E-state index contributed by atoms with van der Waals surface area (Å²) in [7, 11) is 1.21. The van der Waals surface area contributed by atoms with Crippen LogP contribution in [0.3, 0.4) is 0 Å². The third kappa shape index (κ3) is 3.57. The van der Waals surface area contributed by atoms with E-state index in [1.165, 1.54) is 16.9 Å². The number of carbonyl (C=O) groups excluding carboxylic acids is 3. The van der Waals surface area contributed by atoms with E-state index < -0.39 is 42.1 Å². The van der Waals surface area contributed by atoms with Gasteiger partial charge in [-0.1, -0.05) is 30.3 Å². The molecule has 27 heavy (non-hydrogen) atoms. The first kappa shape index (κ1) is 18.7. The van der Waals surface area contributed by atoms with Crippen LogP contribution >= 0.6 is 0 Å². The van der Waals surface area contributed by atoms with Crippen molar-refractivity contribution in [1.82, 2.24) is 9.80 Å². The van der Waals surface area contributed by atoms with E-state index in [-0.39, 0.29) is 26.0 Å². The average molecular weight is 376 g/mol. The van der Waals surface area contributed by atoms with Crippen LogP contribution in [0.2, 0.25) is 0 Å². The number of methoxy groups -OCH3 is 1. The number of amides is 2. The van der Waals surface area contributed by atoms with E-state index in [9.17, 15) is 19.2 Å². The van der Waals surface area contributed by atoms with Crippen LogP contribution < -0.4 is 0 Å². The molecular weight excluding hydrogens is 356 g/mol. The summed E-state index contributed by atoms with van der Waals surface area (Å²) in [4.78, 5) is 50.2. The first-order valence-corrected chi connectivity index (χ1v) is 8.53. The second-order valence-electron chi connectivity index (χ2n) is 6.40. The highest BCUT2D eigenvalue weighted by Crippen LogP contribution is 2.37. The van der Waals surface area contributed by atoms with Crippen LogP contribution in [0.5, 0.6) is 0 Å². The van der Waals surface area contributed by atoms with Crippen molar-refractivity contribution >= 4 is 23.9 Å². The second-order valence-corrected chi connectivity index (χ2v) is 6.40. The highest BCUT2D eigenvalue weighted by molar-refractivity contribution is 5.95. The van der Waals surface area contributed by atoms with Crippen LogP contribution in [0.25, 0.3) is 0 Å². The summed E-state index contributed by atoms with van der Waals surface area (Å²) in [5.74, 6) is -2.05. The summed E-state index contributed by atoms with van der Waals surface area (Å²) < 4.78 is 9.75. The Labute approximate surface area is 155 Å². The molecule has 9 heteroatoms. The number of likely N-dealkylation sites (tertiary alicyclic amines) is 1. The van der Waals surface area contributed by atoms with E-state index in [1.807, 2.05) is 30.3 Å². The molecule has 0 bridgehead atoms. The highest BCUT2D eigenvalue weighted by Gasteiger charge is 2.56. The SMILES string of the molecule is COC(=O)CN1C(=O)[C@@H](N2C(=O)OC[C@@H]2c2ccccc2)[C@H]1CCC(=O)O. The van der Waals surface area contributed by atoms with Crippen LogP contribution in [0.4, 0.5) is 4.79 Å². The van der Waals surface area contributed by atoms with Crippen molar-refractivity contribution in [1.29, 1.82) is 0 Å². The molecular formula is C18H20N2O7. The predicted octanol–water partition coefficient (Wildman–Crippen LogP) is 0.797. The van der Waals surface area contributed by atoms with E-state index in [2.05, 4.69) is 4.74 Å². The van der Waals surface area contributed by atoms with Crippen LogP contribution in [-0.2, 0) is 23.9 Å². The number of rotatable bonds is 7. The average Bonchev–Trinajstić information content (AvgIpc) is 3.03. The first-order chi connectivity index (χ1) is 12.9. The molecule has 2 saturated heterocycles. The Kier molecular flexibility index (Phi) is 5.29. The lowest BCUT2D eigenvalue weighted by Gasteiger charge is -2.50. The van der Waals surface area contributed by atoms with Gasteiger partial charge in [-0.2, -0.15) is 0 Å². The number of carbonyl (C=O) groups is 4. The molecule has 1 aromatic rings. The van der Waals surface area contributed by atoms with Gasteiger partial charge in [0.15, 0.2) is 0 Å². The first-order valence-electron chi connectivity index (χ1n) is 8.53. The monoisotopic (exact) mass is 376 g/mol. The maximum Gasteiger partial charge on any atom is 0.411 e. The van der Waals surface area contributed by atoms with Gasteiger partial charge in [0.25, 0.3) is 0 Å². The third-order valence-corrected chi connectivity index (χ3v) is 4.88. The fraction of sp³-hybridized carbons (Fsp3) is 0.444. The fourth-order valence-corrected chi connectivity index (χ4v) is 3.55. The molecule has 0 unspecified atom stereocenters. The number of ether oxygens (including phenoxy) is 2. The largest absolute Gasteiger partial charge is 0.481 e. The number of nitrogens with zero attached hydrogens (tertiary/aromatic N) is 2. The van der Waals surface area contributed by atoms with Crippen LogP contribution in [-0.4, -0.2) is 71.2 Å². The summed E-state index contributed by atoms with van der Waals surface area (Å²) in [5, 5.41) is 9.00. The van der Waals surface area contributed by atoms with Crippen LogP contribution in [0.1, 0.15) is 24.4 Å². The minimum absolute atomic E-state index is 0.106. The van der Waals surface area contributed by atoms with Gasteiger partial charge in [-0.25, -0.2) is 4.79 Å². The molecule has 0 spiro atoms. The third-order valence-electron chi connectivity index (χ3n) is 4.88. The molecule has 9 nitrogen and oxygen atoms in total. The molecule has 2 fully saturated rings. The molecule has 3 rings (SSSR count). The molecule has 2 aliphatic rings.